The molecule has 0 radical (unpaired) electrons. The second kappa shape index (κ2) is 8.74. The first-order chi connectivity index (χ1) is 15.1. The van der Waals surface area contributed by atoms with Crippen LogP contribution in [0.4, 0.5) is 0 Å². The van der Waals surface area contributed by atoms with Gasteiger partial charge in [0.1, 0.15) is 22.8 Å². The molecule has 0 bridgehead atoms. The Balaban J connectivity index is 1.48. The third-order valence-corrected chi connectivity index (χ3v) is 4.66. The number of esters is 1. The molecule has 0 atom stereocenters. The van der Waals surface area contributed by atoms with Gasteiger partial charge in [0.25, 0.3) is 5.88 Å². The molecular weight excluding hydrogens is 402 g/mol. The molecule has 158 valence electrons. The van der Waals surface area contributed by atoms with Crippen LogP contribution in [0.25, 0.3) is 22.1 Å². The van der Waals surface area contributed by atoms with Crippen LogP contribution in [-0.4, -0.2) is 25.3 Å². The minimum Gasteiger partial charge on any atom is -0.497 e. The third-order valence-electron chi connectivity index (χ3n) is 4.66. The van der Waals surface area contributed by atoms with E-state index in [0.29, 0.717) is 40.3 Å². The van der Waals surface area contributed by atoms with Gasteiger partial charge in [-0.1, -0.05) is 12.1 Å². The van der Waals surface area contributed by atoms with E-state index in [4.69, 9.17) is 23.2 Å². The number of benzene rings is 2. The lowest BCUT2D eigenvalue weighted by atomic mass is 10.1. The highest BCUT2D eigenvalue weighted by Gasteiger charge is 2.12. The van der Waals surface area contributed by atoms with Crippen LogP contribution >= 0.6 is 0 Å². The highest BCUT2D eigenvalue weighted by molar-refractivity contribution is 5.83. The van der Waals surface area contributed by atoms with Gasteiger partial charge >= 0.3 is 11.6 Å². The van der Waals surface area contributed by atoms with Crippen molar-refractivity contribution in [1.82, 2.24) is 5.16 Å². The van der Waals surface area contributed by atoms with E-state index in [2.05, 4.69) is 5.16 Å². The zero-order valence-corrected chi connectivity index (χ0v) is 16.9. The summed E-state index contributed by atoms with van der Waals surface area (Å²) in [5, 5.41) is 4.39. The molecule has 0 aliphatic heterocycles. The van der Waals surface area contributed by atoms with Crippen LogP contribution in [0.15, 0.2) is 68.3 Å². The molecule has 4 aromatic rings. The van der Waals surface area contributed by atoms with Gasteiger partial charge in [0.15, 0.2) is 0 Å². The fourth-order valence-electron chi connectivity index (χ4n) is 3.04. The summed E-state index contributed by atoms with van der Waals surface area (Å²) in [5.74, 6) is 1.40. The van der Waals surface area contributed by atoms with Crippen LogP contribution in [0, 0.1) is 0 Å². The largest absolute Gasteiger partial charge is 0.497 e. The monoisotopic (exact) mass is 421 g/mol. The van der Waals surface area contributed by atoms with Crippen molar-refractivity contribution < 1.29 is 27.9 Å². The number of methoxy groups -OCH3 is 2. The third kappa shape index (κ3) is 4.58. The van der Waals surface area contributed by atoms with Crippen molar-refractivity contribution in [3.8, 4) is 28.5 Å². The number of fused-ring (bicyclic) bond motifs is 1. The molecule has 0 amide bonds. The summed E-state index contributed by atoms with van der Waals surface area (Å²) in [6, 6.07) is 15.4. The molecule has 0 aliphatic carbocycles. The second-order valence-corrected chi connectivity index (χ2v) is 6.69. The molecule has 0 spiro atoms. The highest BCUT2D eigenvalue weighted by Crippen LogP contribution is 2.26. The molecule has 8 nitrogen and oxygen atoms in total. The smallest absolute Gasteiger partial charge is 0.344 e. The normalized spacial score (nSPS) is 10.8. The van der Waals surface area contributed by atoms with Crippen molar-refractivity contribution in [3.63, 3.8) is 0 Å². The first kappa shape index (κ1) is 20.2. The number of carbonyl (C=O) groups is 1. The molecule has 4 rings (SSSR count). The Labute approximate surface area is 176 Å². The van der Waals surface area contributed by atoms with Crippen LogP contribution in [0.1, 0.15) is 12.2 Å². The van der Waals surface area contributed by atoms with E-state index < -0.39 is 11.6 Å². The van der Waals surface area contributed by atoms with Crippen molar-refractivity contribution in [1.29, 1.82) is 0 Å². The van der Waals surface area contributed by atoms with E-state index in [1.165, 1.54) is 13.2 Å². The van der Waals surface area contributed by atoms with E-state index in [0.717, 1.165) is 5.56 Å². The van der Waals surface area contributed by atoms with E-state index in [-0.39, 0.29) is 12.2 Å². The molecule has 0 fully saturated rings. The zero-order chi connectivity index (χ0) is 21.8. The molecule has 0 saturated carbocycles. The molecule has 0 unspecified atom stereocenters. The molecular formula is C23H19NO7. The number of aryl methyl sites for hydroxylation is 1. The Morgan fingerprint density at radius 2 is 1.74 bits per heavy atom. The van der Waals surface area contributed by atoms with Gasteiger partial charge in [-0.25, -0.2) is 4.79 Å². The fraction of sp³-hybridized carbons (Fsp3) is 0.174. The van der Waals surface area contributed by atoms with Gasteiger partial charge in [0.2, 0.25) is 0 Å². The highest BCUT2D eigenvalue weighted by atomic mass is 16.5. The zero-order valence-electron chi connectivity index (χ0n) is 16.9. The molecule has 2 aromatic heterocycles. The molecule has 2 heterocycles. The summed E-state index contributed by atoms with van der Waals surface area (Å²) in [6.07, 6.45) is 0.416. The lowest BCUT2D eigenvalue weighted by molar-refractivity contribution is -0.134. The first-order valence-corrected chi connectivity index (χ1v) is 9.48. The van der Waals surface area contributed by atoms with E-state index in [9.17, 15) is 9.59 Å². The maximum absolute atomic E-state index is 12.5. The van der Waals surface area contributed by atoms with Gasteiger partial charge in [-0.2, -0.15) is 0 Å². The fourth-order valence-corrected chi connectivity index (χ4v) is 3.04. The van der Waals surface area contributed by atoms with Crippen LogP contribution < -0.4 is 19.8 Å². The van der Waals surface area contributed by atoms with Gasteiger partial charge in [-0.15, -0.1) is 0 Å². The molecule has 0 saturated heterocycles. The standard InChI is InChI=1S/C23H19NO7/c1-27-16-6-3-14(4-7-16)19-11-15-5-8-17(12-20(15)30-23(19)26)29-22(25)10-9-18-13-21(28-2)24-31-18/h3-8,11-13H,9-10H2,1-2H3. The predicted molar refractivity (Wildman–Crippen MR) is 111 cm³/mol. The molecule has 31 heavy (non-hydrogen) atoms. The second-order valence-electron chi connectivity index (χ2n) is 6.69. The maximum Gasteiger partial charge on any atom is 0.344 e. The predicted octanol–water partition coefficient (Wildman–Crippen LogP) is 4.00. The Kier molecular flexibility index (Phi) is 5.70. The van der Waals surface area contributed by atoms with Crippen LogP contribution in [0.2, 0.25) is 0 Å². The summed E-state index contributed by atoms with van der Waals surface area (Å²) in [7, 11) is 3.06. The van der Waals surface area contributed by atoms with Gasteiger partial charge in [-0.05, 0) is 41.1 Å². The maximum atomic E-state index is 12.5. The van der Waals surface area contributed by atoms with Crippen molar-refractivity contribution in [3.05, 3.63) is 70.8 Å². The number of hydrogen-bond donors (Lipinski definition) is 0. The molecule has 0 aliphatic rings. The summed E-state index contributed by atoms with van der Waals surface area (Å²) in [5.41, 5.74) is 0.992. The van der Waals surface area contributed by atoms with Gasteiger partial charge in [0.05, 0.1) is 26.2 Å². The molecule has 8 heteroatoms. The van der Waals surface area contributed by atoms with Crippen molar-refractivity contribution in [2.45, 2.75) is 12.8 Å². The molecule has 0 N–H and O–H groups in total. The molecule has 2 aromatic carbocycles. The Hall–Kier alpha value is -4.07. The number of nitrogens with zero attached hydrogens (tertiary/aromatic N) is 1. The number of carbonyl (C=O) groups excluding carboxylic acids is 1. The van der Waals surface area contributed by atoms with Crippen LogP contribution in [0.3, 0.4) is 0 Å². The van der Waals surface area contributed by atoms with Crippen LogP contribution in [0.5, 0.6) is 17.4 Å². The number of ether oxygens (including phenoxy) is 3. The average Bonchev–Trinajstić information content (AvgIpc) is 3.25. The average molecular weight is 421 g/mol. The number of hydrogen-bond acceptors (Lipinski definition) is 8. The summed E-state index contributed by atoms with van der Waals surface area (Å²) in [6.45, 7) is 0. The first-order valence-electron chi connectivity index (χ1n) is 9.48. The van der Waals surface area contributed by atoms with E-state index in [1.54, 1.807) is 55.6 Å². The van der Waals surface area contributed by atoms with Crippen molar-refractivity contribution in [2.24, 2.45) is 0 Å². The van der Waals surface area contributed by atoms with E-state index in [1.807, 2.05) is 0 Å². The minimum atomic E-state index is -0.486. The quantitative estimate of drug-likeness (QED) is 0.251. The number of rotatable bonds is 7. The summed E-state index contributed by atoms with van der Waals surface area (Å²) < 4.78 is 25.9. The Bertz CT molecular complexity index is 1270. The lowest BCUT2D eigenvalue weighted by Gasteiger charge is -2.07. The minimum absolute atomic E-state index is 0.0940. The lowest BCUT2D eigenvalue weighted by Crippen LogP contribution is -2.09. The summed E-state index contributed by atoms with van der Waals surface area (Å²) in [4.78, 5) is 24.6. The Morgan fingerprint density at radius 1 is 0.968 bits per heavy atom. The van der Waals surface area contributed by atoms with Gasteiger partial charge in [0, 0.05) is 23.9 Å². The SMILES string of the molecule is COc1ccc(-c2cc3ccc(OC(=O)CCc4cc(OC)no4)cc3oc2=O)cc1. The van der Waals surface area contributed by atoms with Gasteiger partial charge < -0.3 is 23.2 Å². The number of aromatic nitrogens is 1. The van der Waals surface area contributed by atoms with Crippen LogP contribution in [-0.2, 0) is 11.2 Å². The Morgan fingerprint density at radius 3 is 2.45 bits per heavy atom. The summed E-state index contributed by atoms with van der Waals surface area (Å²) >= 11 is 0. The van der Waals surface area contributed by atoms with E-state index >= 15 is 0 Å². The van der Waals surface area contributed by atoms with Crippen molar-refractivity contribution in [2.75, 3.05) is 14.2 Å². The van der Waals surface area contributed by atoms with Crippen molar-refractivity contribution >= 4 is 16.9 Å². The van der Waals surface area contributed by atoms with Gasteiger partial charge in [-0.3, -0.25) is 4.79 Å². The topological polar surface area (TPSA) is 101 Å².